The topological polar surface area (TPSA) is 71.2 Å². The number of nitrogens with zero attached hydrogens (tertiary/aromatic N) is 6. The number of aromatic nitrogens is 4. The van der Waals surface area contributed by atoms with Gasteiger partial charge < -0.3 is 4.52 Å². The van der Waals surface area contributed by atoms with Crippen LogP contribution in [0, 0.1) is 6.92 Å². The first-order valence-corrected chi connectivity index (χ1v) is 8.60. The molecular weight excluding hydrogens is 304 g/mol. The molecule has 1 aliphatic heterocycles. The Hall–Kier alpha value is -1.86. The molecule has 2 aromatic heterocycles. The molecule has 1 atom stereocenters. The first-order chi connectivity index (χ1) is 11.5. The summed E-state index contributed by atoms with van der Waals surface area (Å²) in [6, 6.07) is 0.159. The lowest BCUT2D eigenvalue weighted by atomic mass is 10.2. The van der Waals surface area contributed by atoms with Crippen molar-refractivity contribution in [3.8, 4) is 0 Å². The zero-order valence-corrected chi connectivity index (χ0v) is 14.9. The lowest BCUT2D eigenvalue weighted by Crippen LogP contribution is -2.46. The summed E-state index contributed by atoms with van der Waals surface area (Å²) in [6.07, 6.45) is 3.70. The van der Waals surface area contributed by atoms with E-state index in [0.717, 1.165) is 55.8 Å². The van der Waals surface area contributed by atoms with E-state index in [1.807, 2.05) is 19.3 Å². The van der Waals surface area contributed by atoms with Crippen LogP contribution in [0.25, 0.3) is 0 Å². The van der Waals surface area contributed by atoms with Crippen molar-refractivity contribution in [2.24, 2.45) is 0 Å². The highest BCUT2D eigenvalue weighted by atomic mass is 16.5. The van der Waals surface area contributed by atoms with Crippen LogP contribution in [-0.4, -0.2) is 56.1 Å². The van der Waals surface area contributed by atoms with Gasteiger partial charge in [0, 0.05) is 51.0 Å². The molecule has 3 heterocycles. The standard InChI is InChI=1S/C17H26N6O/c1-12(2)16-20-17(24-21-16)14(4)23-7-5-22(6-8-23)11-15-10-18-13(3)9-19-15/h9-10,12,14H,5-8,11H2,1-4H3/t14-/m0/s1. The molecule has 1 fully saturated rings. The van der Waals surface area contributed by atoms with Gasteiger partial charge in [-0.2, -0.15) is 4.98 Å². The third kappa shape index (κ3) is 3.96. The third-order valence-electron chi connectivity index (χ3n) is 4.51. The molecule has 0 amide bonds. The molecule has 130 valence electrons. The van der Waals surface area contributed by atoms with E-state index in [9.17, 15) is 0 Å². The molecule has 7 nitrogen and oxygen atoms in total. The van der Waals surface area contributed by atoms with E-state index >= 15 is 0 Å². The second-order valence-corrected chi connectivity index (χ2v) is 6.78. The summed E-state index contributed by atoms with van der Waals surface area (Å²) < 4.78 is 5.44. The Balaban J connectivity index is 1.53. The predicted molar refractivity (Wildman–Crippen MR) is 90.4 cm³/mol. The van der Waals surface area contributed by atoms with E-state index in [2.05, 4.69) is 50.7 Å². The smallest absolute Gasteiger partial charge is 0.243 e. The summed E-state index contributed by atoms with van der Waals surface area (Å²) in [5.74, 6) is 1.80. The van der Waals surface area contributed by atoms with Crippen LogP contribution in [0.3, 0.4) is 0 Å². The summed E-state index contributed by atoms with van der Waals surface area (Å²) >= 11 is 0. The van der Waals surface area contributed by atoms with E-state index in [1.54, 1.807) is 0 Å². The van der Waals surface area contributed by atoms with E-state index in [0.29, 0.717) is 5.92 Å². The van der Waals surface area contributed by atoms with E-state index in [-0.39, 0.29) is 6.04 Å². The van der Waals surface area contributed by atoms with Crippen LogP contribution in [-0.2, 0) is 6.54 Å². The molecule has 7 heteroatoms. The quantitative estimate of drug-likeness (QED) is 0.832. The Morgan fingerprint density at radius 2 is 1.83 bits per heavy atom. The molecule has 0 aromatic carbocycles. The van der Waals surface area contributed by atoms with Gasteiger partial charge in [0.05, 0.1) is 17.4 Å². The second-order valence-electron chi connectivity index (χ2n) is 6.78. The van der Waals surface area contributed by atoms with Crippen LogP contribution in [0.2, 0.25) is 0 Å². The van der Waals surface area contributed by atoms with Crippen molar-refractivity contribution in [2.75, 3.05) is 26.2 Å². The number of hydrogen-bond donors (Lipinski definition) is 0. The van der Waals surface area contributed by atoms with Crippen LogP contribution in [0.4, 0.5) is 0 Å². The highest BCUT2D eigenvalue weighted by Gasteiger charge is 2.26. The molecule has 1 aliphatic rings. The normalized spacial score (nSPS) is 18.2. The molecular formula is C17H26N6O. The van der Waals surface area contributed by atoms with E-state index < -0.39 is 0 Å². The van der Waals surface area contributed by atoms with Gasteiger partial charge >= 0.3 is 0 Å². The van der Waals surface area contributed by atoms with Crippen molar-refractivity contribution in [2.45, 2.75) is 46.2 Å². The van der Waals surface area contributed by atoms with Crippen molar-refractivity contribution in [1.82, 2.24) is 29.9 Å². The maximum absolute atomic E-state index is 5.44. The zero-order valence-electron chi connectivity index (χ0n) is 14.9. The number of piperazine rings is 1. The van der Waals surface area contributed by atoms with Crippen LogP contribution >= 0.6 is 0 Å². The summed E-state index contributed by atoms with van der Waals surface area (Å²) in [5.41, 5.74) is 1.98. The lowest BCUT2D eigenvalue weighted by Gasteiger charge is -2.36. The zero-order chi connectivity index (χ0) is 17.1. The molecule has 0 spiro atoms. The molecule has 0 aliphatic carbocycles. The fourth-order valence-electron chi connectivity index (χ4n) is 2.85. The van der Waals surface area contributed by atoms with Crippen LogP contribution in [0.5, 0.6) is 0 Å². The predicted octanol–water partition coefficient (Wildman–Crippen LogP) is 2.17. The number of aryl methyl sites for hydroxylation is 1. The fourth-order valence-corrected chi connectivity index (χ4v) is 2.85. The molecule has 24 heavy (non-hydrogen) atoms. The first-order valence-electron chi connectivity index (χ1n) is 8.60. The average molecular weight is 330 g/mol. The van der Waals surface area contributed by atoms with Gasteiger partial charge in [-0.05, 0) is 13.8 Å². The Kier molecular flexibility index (Phi) is 5.20. The largest absolute Gasteiger partial charge is 0.338 e. The summed E-state index contributed by atoms with van der Waals surface area (Å²) in [7, 11) is 0. The maximum Gasteiger partial charge on any atom is 0.243 e. The first kappa shape index (κ1) is 17.0. The van der Waals surface area contributed by atoms with Crippen molar-refractivity contribution >= 4 is 0 Å². The number of rotatable bonds is 5. The molecule has 0 radical (unpaired) electrons. The molecule has 3 rings (SSSR count). The van der Waals surface area contributed by atoms with Gasteiger partial charge in [0.1, 0.15) is 0 Å². The summed E-state index contributed by atoms with van der Waals surface area (Å²) in [6.45, 7) is 13.1. The van der Waals surface area contributed by atoms with Crippen molar-refractivity contribution in [1.29, 1.82) is 0 Å². The Labute approximate surface area is 143 Å². The number of hydrogen-bond acceptors (Lipinski definition) is 7. The van der Waals surface area contributed by atoms with Gasteiger partial charge in [-0.1, -0.05) is 19.0 Å². The van der Waals surface area contributed by atoms with Gasteiger partial charge in [-0.15, -0.1) is 0 Å². The highest BCUT2D eigenvalue weighted by molar-refractivity contribution is 5.01. The lowest BCUT2D eigenvalue weighted by molar-refractivity contribution is 0.0838. The maximum atomic E-state index is 5.44. The minimum atomic E-state index is 0.159. The monoisotopic (exact) mass is 330 g/mol. The summed E-state index contributed by atoms with van der Waals surface area (Å²) in [4.78, 5) is 18.1. The average Bonchev–Trinajstić information content (AvgIpc) is 3.07. The molecule has 0 bridgehead atoms. The molecule has 0 unspecified atom stereocenters. The van der Waals surface area contributed by atoms with E-state index in [4.69, 9.17) is 4.52 Å². The van der Waals surface area contributed by atoms with E-state index in [1.165, 1.54) is 0 Å². The van der Waals surface area contributed by atoms with Gasteiger partial charge in [0.2, 0.25) is 5.89 Å². The Bertz CT molecular complexity index is 645. The molecule has 0 saturated carbocycles. The van der Waals surface area contributed by atoms with Crippen molar-refractivity contribution < 1.29 is 4.52 Å². The SMILES string of the molecule is Cc1cnc(CN2CCN([C@@H](C)c3nc(C(C)C)no3)CC2)cn1. The molecule has 0 N–H and O–H groups in total. The van der Waals surface area contributed by atoms with Crippen molar-refractivity contribution in [3.05, 3.63) is 35.5 Å². The van der Waals surface area contributed by atoms with Gasteiger partial charge in [0.15, 0.2) is 5.82 Å². The third-order valence-corrected chi connectivity index (χ3v) is 4.51. The minimum Gasteiger partial charge on any atom is -0.338 e. The summed E-state index contributed by atoms with van der Waals surface area (Å²) in [5, 5.41) is 4.07. The minimum absolute atomic E-state index is 0.159. The van der Waals surface area contributed by atoms with Crippen molar-refractivity contribution in [3.63, 3.8) is 0 Å². The molecule has 2 aromatic rings. The van der Waals surface area contributed by atoms with Gasteiger partial charge in [-0.3, -0.25) is 19.8 Å². The second kappa shape index (κ2) is 7.36. The Morgan fingerprint density at radius 3 is 2.42 bits per heavy atom. The van der Waals surface area contributed by atoms with Crippen LogP contribution < -0.4 is 0 Å². The molecule has 1 saturated heterocycles. The highest BCUT2D eigenvalue weighted by Crippen LogP contribution is 2.22. The fraction of sp³-hybridized carbons (Fsp3) is 0.647. The Morgan fingerprint density at radius 1 is 1.08 bits per heavy atom. The van der Waals surface area contributed by atoms with Crippen LogP contribution in [0.15, 0.2) is 16.9 Å². The van der Waals surface area contributed by atoms with Gasteiger partial charge in [0.25, 0.3) is 0 Å². The van der Waals surface area contributed by atoms with Crippen LogP contribution in [0.1, 0.15) is 55.8 Å². The van der Waals surface area contributed by atoms with Gasteiger partial charge in [-0.25, -0.2) is 0 Å².